The Balaban J connectivity index is 2.15. The van der Waals surface area contributed by atoms with Crippen molar-refractivity contribution in [1.29, 1.82) is 0 Å². The van der Waals surface area contributed by atoms with Gasteiger partial charge in [-0.05, 0) is 43.7 Å². The standard InChI is InChI=1S/C15H17ClN2OS/c1-15(7-3-9-20-15)14(19)18-12-5-6-13(16)11(10-12)4-2-8-17/h5-6,10H,3,7-9,17H2,1H3,(H,18,19). The first kappa shape index (κ1) is 15.2. The summed E-state index contributed by atoms with van der Waals surface area (Å²) in [6.45, 7) is 2.27. The third kappa shape index (κ3) is 3.49. The van der Waals surface area contributed by atoms with Crippen LogP contribution in [0.1, 0.15) is 25.3 Å². The quantitative estimate of drug-likeness (QED) is 0.826. The van der Waals surface area contributed by atoms with Crippen LogP contribution < -0.4 is 11.1 Å². The minimum Gasteiger partial charge on any atom is -0.325 e. The monoisotopic (exact) mass is 308 g/mol. The Morgan fingerprint density at radius 2 is 2.40 bits per heavy atom. The fourth-order valence-corrected chi connectivity index (χ4v) is 3.44. The van der Waals surface area contributed by atoms with E-state index in [-0.39, 0.29) is 17.2 Å². The van der Waals surface area contributed by atoms with Gasteiger partial charge in [0.15, 0.2) is 0 Å². The van der Waals surface area contributed by atoms with Crippen molar-refractivity contribution < 1.29 is 4.79 Å². The van der Waals surface area contributed by atoms with Crippen LogP contribution in [0.15, 0.2) is 18.2 Å². The van der Waals surface area contributed by atoms with E-state index in [1.807, 2.05) is 6.92 Å². The van der Waals surface area contributed by atoms with E-state index in [0.29, 0.717) is 10.6 Å². The number of carbonyl (C=O) groups is 1. The van der Waals surface area contributed by atoms with Crippen LogP contribution in [0.25, 0.3) is 0 Å². The highest BCUT2D eigenvalue weighted by Gasteiger charge is 2.37. The lowest BCUT2D eigenvalue weighted by Gasteiger charge is -2.21. The molecule has 1 unspecified atom stereocenters. The van der Waals surface area contributed by atoms with E-state index in [0.717, 1.165) is 24.3 Å². The number of amides is 1. The third-order valence-electron chi connectivity index (χ3n) is 3.25. The van der Waals surface area contributed by atoms with Gasteiger partial charge in [0.2, 0.25) is 5.91 Å². The molecule has 1 fully saturated rings. The maximum absolute atomic E-state index is 12.3. The first-order valence-corrected chi connectivity index (χ1v) is 7.85. The van der Waals surface area contributed by atoms with E-state index in [1.54, 1.807) is 30.0 Å². The molecule has 3 N–H and O–H groups in total. The molecule has 20 heavy (non-hydrogen) atoms. The van der Waals surface area contributed by atoms with Crippen molar-refractivity contribution in [3.05, 3.63) is 28.8 Å². The van der Waals surface area contributed by atoms with E-state index in [1.165, 1.54) is 0 Å². The molecule has 5 heteroatoms. The predicted octanol–water partition coefficient (Wildman–Crippen LogP) is 2.87. The number of anilines is 1. The zero-order valence-electron chi connectivity index (χ0n) is 11.3. The van der Waals surface area contributed by atoms with Crippen LogP contribution in [0.3, 0.4) is 0 Å². The lowest BCUT2D eigenvalue weighted by Crippen LogP contribution is -2.34. The van der Waals surface area contributed by atoms with Gasteiger partial charge in [-0.3, -0.25) is 4.79 Å². The summed E-state index contributed by atoms with van der Waals surface area (Å²) in [5.74, 6) is 6.75. The molecule has 1 aromatic rings. The van der Waals surface area contributed by atoms with Crippen LogP contribution in [-0.2, 0) is 4.79 Å². The zero-order chi connectivity index (χ0) is 14.6. The van der Waals surface area contributed by atoms with Gasteiger partial charge in [0, 0.05) is 11.3 Å². The minimum absolute atomic E-state index is 0.0417. The molecule has 1 aromatic carbocycles. The van der Waals surface area contributed by atoms with E-state index in [4.69, 9.17) is 17.3 Å². The second kappa shape index (κ2) is 6.53. The molecular weight excluding hydrogens is 292 g/mol. The number of nitrogens with one attached hydrogen (secondary N) is 1. The highest BCUT2D eigenvalue weighted by atomic mass is 35.5. The number of benzene rings is 1. The van der Waals surface area contributed by atoms with E-state index < -0.39 is 0 Å². The summed E-state index contributed by atoms with van der Waals surface area (Å²) >= 11 is 7.77. The highest BCUT2D eigenvalue weighted by Crippen LogP contribution is 2.38. The first-order valence-electron chi connectivity index (χ1n) is 6.49. The van der Waals surface area contributed by atoms with Gasteiger partial charge >= 0.3 is 0 Å². The molecule has 1 aliphatic heterocycles. The molecule has 1 amide bonds. The molecule has 1 aliphatic rings. The molecule has 1 heterocycles. The summed E-state index contributed by atoms with van der Waals surface area (Å²) in [6.07, 6.45) is 2.00. The zero-order valence-corrected chi connectivity index (χ0v) is 12.9. The molecule has 0 saturated carbocycles. The molecular formula is C15H17ClN2OS. The molecule has 2 rings (SSSR count). The average molecular weight is 309 g/mol. The molecule has 0 radical (unpaired) electrons. The van der Waals surface area contributed by atoms with Crippen LogP contribution in [0.2, 0.25) is 5.02 Å². The molecule has 0 aliphatic carbocycles. The van der Waals surface area contributed by atoms with Gasteiger partial charge in [-0.1, -0.05) is 23.4 Å². The Labute approximate surface area is 128 Å². The fourth-order valence-electron chi connectivity index (χ4n) is 2.07. The van der Waals surface area contributed by atoms with Crippen molar-refractivity contribution in [1.82, 2.24) is 0 Å². The van der Waals surface area contributed by atoms with E-state index in [2.05, 4.69) is 17.2 Å². The summed E-state index contributed by atoms with van der Waals surface area (Å²) in [7, 11) is 0. The summed E-state index contributed by atoms with van der Waals surface area (Å²) < 4.78 is -0.331. The number of hydrogen-bond donors (Lipinski definition) is 2. The maximum Gasteiger partial charge on any atom is 0.240 e. The van der Waals surface area contributed by atoms with Crippen molar-refractivity contribution in [2.75, 3.05) is 17.6 Å². The van der Waals surface area contributed by atoms with Crippen LogP contribution in [0, 0.1) is 11.8 Å². The van der Waals surface area contributed by atoms with E-state index in [9.17, 15) is 4.79 Å². The largest absolute Gasteiger partial charge is 0.325 e. The highest BCUT2D eigenvalue weighted by molar-refractivity contribution is 8.01. The summed E-state index contributed by atoms with van der Waals surface area (Å²) in [5, 5.41) is 3.51. The number of thioether (sulfide) groups is 1. The second-order valence-corrected chi connectivity index (χ2v) is 6.84. The van der Waals surface area contributed by atoms with Gasteiger partial charge in [-0.2, -0.15) is 0 Å². The number of hydrogen-bond acceptors (Lipinski definition) is 3. The molecule has 1 atom stereocenters. The van der Waals surface area contributed by atoms with Gasteiger partial charge in [-0.15, -0.1) is 11.8 Å². The van der Waals surface area contributed by atoms with Crippen molar-refractivity contribution in [3.8, 4) is 11.8 Å². The lowest BCUT2D eigenvalue weighted by molar-refractivity contribution is -0.118. The number of nitrogens with two attached hydrogens (primary N) is 1. The Bertz CT molecular complexity index is 571. The van der Waals surface area contributed by atoms with Crippen molar-refractivity contribution in [3.63, 3.8) is 0 Å². The Hall–Kier alpha value is -1.15. The maximum atomic E-state index is 12.3. The van der Waals surface area contributed by atoms with Crippen LogP contribution >= 0.6 is 23.4 Å². The Morgan fingerprint density at radius 3 is 3.05 bits per heavy atom. The Kier molecular flexibility index (Phi) is 4.98. The Morgan fingerprint density at radius 1 is 1.60 bits per heavy atom. The first-order chi connectivity index (χ1) is 9.55. The van der Waals surface area contributed by atoms with Crippen molar-refractivity contribution in [2.45, 2.75) is 24.5 Å². The SMILES string of the molecule is CC1(C(=O)Nc2ccc(Cl)c(C#CCN)c2)CCCS1. The van der Waals surface area contributed by atoms with Gasteiger partial charge in [-0.25, -0.2) is 0 Å². The topological polar surface area (TPSA) is 55.1 Å². The molecule has 3 nitrogen and oxygen atoms in total. The normalized spacial score (nSPS) is 21.1. The second-order valence-electron chi connectivity index (χ2n) is 4.84. The molecule has 0 spiro atoms. The van der Waals surface area contributed by atoms with Crippen molar-refractivity contribution in [2.24, 2.45) is 5.73 Å². The van der Waals surface area contributed by atoms with Gasteiger partial charge < -0.3 is 11.1 Å². The summed E-state index contributed by atoms with van der Waals surface area (Å²) in [4.78, 5) is 12.3. The van der Waals surface area contributed by atoms with Crippen LogP contribution in [0.4, 0.5) is 5.69 Å². The predicted molar refractivity (Wildman–Crippen MR) is 86.1 cm³/mol. The summed E-state index contributed by atoms with van der Waals surface area (Å²) in [5.41, 5.74) is 6.75. The minimum atomic E-state index is -0.331. The van der Waals surface area contributed by atoms with Gasteiger partial charge in [0.1, 0.15) is 0 Å². The van der Waals surface area contributed by atoms with Gasteiger partial charge in [0.25, 0.3) is 0 Å². The third-order valence-corrected chi connectivity index (χ3v) is 5.10. The van der Waals surface area contributed by atoms with Gasteiger partial charge in [0.05, 0.1) is 16.3 Å². The summed E-state index contributed by atoms with van der Waals surface area (Å²) in [6, 6.07) is 5.31. The van der Waals surface area contributed by atoms with Crippen LogP contribution in [0.5, 0.6) is 0 Å². The van der Waals surface area contributed by atoms with Crippen molar-refractivity contribution >= 4 is 35.0 Å². The number of carbonyl (C=O) groups excluding carboxylic acids is 1. The molecule has 0 bridgehead atoms. The van der Waals surface area contributed by atoms with Crippen LogP contribution in [-0.4, -0.2) is 23.0 Å². The molecule has 1 saturated heterocycles. The lowest BCUT2D eigenvalue weighted by atomic mass is 10.0. The molecule has 0 aromatic heterocycles. The van der Waals surface area contributed by atoms with E-state index >= 15 is 0 Å². The number of rotatable bonds is 2. The number of halogens is 1. The smallest absolute Gasteiger partial charge is 0.240 e. The fraction of sp³-hybridized carbons (Fsp3) is 0.400. The molecule has 106 valence electrons. The average Bonchev–Trinajstić information content (AvgIpc) is 2.87.